The fourth-order valence-corrected chi connectivity index (χ4v) is 2.73. The number of hydrogen-bond acceptors (Lipinski definition) is 5. The minimum atomic E-state index is -0.428. The van der Waals surface area contributed by atoms with E-state index in [1.165, 1.54) is 11.3 Å². The molecule has 0 atom stereocenters. The second-order valence-electron chi connectivity index (χ2n) is 3.04. The highest BCUT2D eigenvalue weighted by Gasteiger charge is 2.19. The van der Waals surface area contributed by atoms with Crippen molar-refractivity contribution in [3.63, 3.8) is 0 Å². The van der Waals surface area contributed by atoms with Crippen molar-refractivity contribution in [2.24, 2.45) is 0 Å². The number of H-pyrrole nitrogens is 1. The first-order chi connectivity index (χ1) is 8.11. The normalized spacial score (nSPS) is 10.5. The fraction of sp³-hybridized carbons (Fsp3) is 0.200. The van der Waals surface area contributed by atoms with E-state index in [-0.39, 0.29) is 0 Å². The van der Waals surface area contributed by atoms with E-state index < -0.39 is 5.97 Å². The van der Waals surface area contributed by atoms with Gasteiger partial charge in [0, 0.05) is 0 Å². The summed E-state index contributed by atoms with van der Waals surface area (Å²) < 4.78 is 11.5. The van der Waals surface area contributed by atoms with Gasteiger partial charge in [-0.3, -0.25) is 0 Å². The number of esters is 1. The van der Waals surface area contributed by atoms with Crippen molar-refractivity contribution in [2.45, 2.75) is 6.92 Å². The van der Waals surface area contributed by atoms with E-state index in [0.29, 0.717) is 31.6 Å². The molecule has 0 saturated heterocycles. The van der Waals surface area contributed by atoms with Crippen LogP contribution in [-0.4, -0.2) is 17.6 Å². The minimum absolute atomic E-state index is 0.316. The lowest BCUT2D eigenvalue weighted by Crippen LogP contribution is -2.06. The topological polar surface area (TPSA) is 55.2 Å². The Labute approximate surface area is 115 Å². The molecule has 0 unspecified atom stereocenters. The Kier molecular flexibility index (Phi) is 3.80. The number of carbonyl (C=O) groups excluding carboxylic acids is 1. The molecule has 1 N–H and O–H groups in total. The molecule has 0 amide bonds. The van der Waals surface area contributed by atoms with Crippen LogP contribution in [0.5, 0.6) is 0 Å². The van der Waals surface area contributed by atoms with Gasteiger partial charge in [0.25, 0.3) is 0 Å². The molecule has 2 rings (SSSR count). The summed E-state index contributed by atoms with van der Waals surface area (Å²) in [5.74, 6) is 0.152. The van der Waals surface area contributed by atoms with Gasteiger partial charge in [0.05, 0.1) is 6.61 Å². The van der Waals surface area contributed by atoms with Gasteiger partial charge >= 0.3 is 5.97 Å². The molecule has 0 aliphatic rings. The number of rotatable bonds is 3. The van der Waals surface area contributed by atoms with E-state index in [1.54, 1.807) is 19.1 Å². The van der Waals surface area contributed by atoms with Gasteiger partial charge in [-0.15, -0.1) is 11.3 Å². The van der Waals surface area contributed by atoms with Crippen molar-refractivity contribution in [3.05, 3.63) is 26.5 Å². The Morgan fingerprint density at radius 2 is 2.41 bits per heavy atom. The van der Waals surface area contributed by atoms with Crippen LogP contribution in [0.1, 0.15) is 17.4 Å². The number of aromatic nitrogens is 1. The number of aromatic amines is 1. The van der Waals surface area contributed by atoms with Crippen molar-refractivity contribution < 1.29 is 13.9 Å². The second-order valence-corrected chi connectivity index (χ2v) is 5.51. The van der Waals surface area contributed by atoms with Crippen LogP contribution < -0.4 is 0 Å². The van der Waals surface area contributed by atoms with Crippen molar-refractivity contribution in [3.8, 4) is 10.6 Å². The third kappa shape index (κ3) is 2.67. The van der Waals surface area contributed by atoms with Crippen molar-refractivity contribution in [1.82, 2.24) is 4.98 Å². The molecule has 2 aromatic rings. The predicted molar refractivity (Wildman–Crippen MR) is 70.9 cm³/mol. The smallest absolute Gasteiger partial charge is 0.356 e. The molecule has 17 heavy (non-hydrogen) atoms. The highest BCUT2D eigenvalue weighted by atomic mass is 79.9. The van der Waals surface area contributed by atoms with Crippen LogP contribution >= 0.6 is 39.5 Å². The lowest BCUT2D eigenvalue weighted by molar-refractivity contribution is 0.0521. The first-order valence-corrected chi connectivity index (χ1v) is 6.79. The zero-order chi connectivity index (χ0) is 12.4. The molecule has 0 aliphatic heterocycles. The average molecular weight is 334 g/mol. The zero-order valence-electron chi connectivity index (χ0n) is 8.78. The number of carbonyl (C=O) groups is 1. The largest absolute Gasteiger partial charge is 0.461 e. The van der Waals surface area contributed by atoms with E-state index in [2.05, 4.69) is 20.9 Å². The summed E-state index contributed by atoms with van der Waals surface area (Å²) in [4.78, 5) is 15.2. The van der Waals surface area contributed by atoms with Crippen molar-refractivity contribution >= 4 is 45.5 Å². The van der Waals surface area contributed by atoms with Crippen LogP contribution in [0, 0.1) is 3.95 Å². The SMILES string of the molecule is CCOC(=O)c1[nH]c(=S)sc1-c1ccc(Br)o1. The molecule has 0 aliphatic carbocycles. The standard InChI is InChI=1S/C10H8BrNO3S2/c1-2-14-9(13)7-8(17-10(16)12-7)5-3-4-6(11)15-5/h3-4H,2H2,1H3,(H,12,16). The Balaban J connectivity index is 2.47. The quantitative estimate of drug-likeness (QED) is 0.681. The first kappa shape index (κ1) is 12.5. The molecule has 90 valence electrons. The lowest BCUT2D eigenvalue weighted by atomic mass is 10.3. The van der Waals surface area contributed by atoms with E-state index in [1.807, 2.05) is 0 Å². The van der Waals surface area contributed by atoms with Gasteiger partial charge < -0.3 is 14.1 Å². The van der Waals surface area contributed by atoms with E-state index >= 15 is 0 Å². The minimum Gasteiger partial charge on any atom is -0.461 e. The van der Waals surface area contributed by atoms with Gasteiger partial charge in [-0.2, -0.15) is 0 Å². The van der Waals surface area contributed by atoms with Crippen LogP contribution in [0.2, 0.25) is 0 Å². The third-order valence-corrected chi connectivity index (χ3v) is 3.60. The zero-order valence-corrected chi connectivity index (χ0v) is 12.0. The summed E-state index contributed by atoms with van der Waals surface area (Å²) in [6.45, 7) is 2.07. The summed E-state index contributed by atoms with van der Waals surface area (Å²) in [5.41, 5.74) is 0.337. The van der Waals surface area contributed by atoms with Crippen LogP contribution in [0.15, 0.2) is 21.2 Å². The average Bonchev–Trinajstić information content (AvgIpc) is 2.84. The molecule has 0 fully saturated rings. The highest BCUT2D eigenvalue weighted by molar-refractivity contribution is 9.10. The van der Waals surface area contributed by atoms with Gasteiger partial charge in [0.1, 0.15) is 16.3 Å². The number of thiazole rings is 1. The van der Waals surface area contributed by atoms with Crippen LogP contribution in [-0.2, 0) is 4.74 Å². The molecule has 4 nitrogen and oxygen atoms in total. The molecule has 2 heterocycles. The number of ether oxygens (including phenoxy) is 1. The van der Waals surface area contributed by atoms with Crippen molar-refractivity contribution in [2.75, 3.05) is 6.61 Å². The van der Waals surface area contributed by atoms with Gasteiger partial charge in [0.15, 0.2) is 8.62 Å². The Bertz CT molecular complexity index is 599. The van der Waals surface area contributed by atoms with Crippen LogP contribution in [0.25, 0.3) is 10.6 Å². The van der Waals surface area contributed by atoms with Gasteiger partial charge in [0.2, 0.25) is 0 Å². The Morgan fingerprint density at radius 3 is 3.00 bits per heavy atom. The maximum Gasteiger partial charge on any atom is 0.356 e. The van der Waals surface area contributed by atoms with Crippen molar-refractivity contribution in [1.29, 1.82) is 0 Å². The number of furan rings is 1. The number of hydrogen-bond donors (Lipinski definition) is 1. The first-order valence-electron chi connectivity index (χ1n) is 4.77. The molecule has 2 aromatic heterocycles. The summed E-state index contributed by atoms with van der Waals surface area (Å²) in [6, 6.07) is 3.52. The molecule has 0 spiro atoms. The molecular weight excluding hydrogens is 326 g/mol. The second kappa shape index (κ2) is 5.16. The van der Waals surface area contributed by atoms with Crippen LogP contribution in [0.3, 0.4) is 0 Å². The highest BCUT2D eigenvalue weighted by Crippen LogP contribution is 2.32. The van der Waals surface area contributed by atoms with Gasteiger partial charge in [-0.25, -0.2) is 4.79 Å². The number of nitrogens with one attached hydrogen (secondary N) is 1. The predicted octanol–water partition coefficient (Wildman–Crippen LogP) is 4.00. The Hall–Kier alpha value is -0.920. The Morgan fingerprint density at radius 1 is 1.65 bits per heavy atom. The fourth-order valence-electron chi connectivity index (χ4n) is 1.28. The molecule has 0 saturated carbocycles. The van der Waals surface area contributed by atoms with Gasteiger partial charge in [-0.05, 0) is 47.2 Å². The van der Waals surface area contributed by atoms with E-state index in [9.17, 15) is 4.79 Å². The summed E-state index contributed by atoms with van der Waals surface area (Å²) >= 11 is 9.53. The summed E-state index contributed by atoms with van der Waals surface area (Å²) in [5, 5.41) is 0. The monoisotopic (exact) mass is 333 g/mol. The van der Waals surface area contributed by atoms with Crippen LogP contribution in [0.4, 0.5) is 0 Å². The van der Waals surface area contributed by atoms with Gasteiger partial charge in [-0.1, -0.05) is 0 Å². The molecular formula is C10H8BrNO3S2. The maximum absolute atomic E-state index is 11.7. The molecule has 0 bridgehead atoms. The summed E-state index contributed by atoms with van der Waals surface area (Å²) in [6.07, 6.45) is 0. The molecule has 0 aromatic carbocycles. The summed E-state index contributed by atoms with van der Waals surface area (Å²) in [7, 11) is 0. The molecule has 7 heteroatoms. The van der Waals surface area contributed by atoms with E-state index in [0.717, 1.165) is 0 Å². The van der Waals surface area contributed by atoms with E-state index in [4.69, 9.17) is 21.4 Å². The number of halogens is 1. The third-order valence-electron chi connectivity index (χ3n) is 1.93. The maximum atomic E-state index is 11.7. The molecule has 0 radical (unpaired) electrons. The lowest BCUT2D eigenvalue weighted by Gasteiger charge is -2.00.